The lowest BCUT2D eigenvalue weighted by molar-refractivity contribution is 0.415. The molecule has 21 heavy (non-hydrogen) atoms. The molecular formula is C13H14N6OS. The van der Waals surface area contributed by atoms with Crippen LogP contribution in [0, 0.1) is 6.92 Å². The number of ether oxygens (including phenoxy) is 1. The van der Waals surface area contributed by atoms with Crippen LogP contribution in [-0.4, -0.2) is 32.3 Å². The molecule has 0 unspecified atom stereocenters. The Morgan fingerprint density at radius 1 is 1.19 bits per heavy atom. The van der Waals surface area contributed by atoms with Gasteiger partial charge in [-0.3, -0.25) is 0 Å². The van der Waals surface area contributed by atoms with Crippen LogP contribution in [0.5, 0.6) is 5.75 Å². The maximum Gasteiger partial charge on any atom is 0.234 e. The second-order valence-corrected chi connectivity index (χ2v) is 5.49. The second-order valence-electron chi connectivity index (χ2n) is 4.33. The van der Waals surface area contributed by atoms with Crippen molar-refractivity contribution in [3.63, 3.8) is 0 Å². The number of nitrogens with two attached hydrogens (primary N) is 1. The topological polar surface area (TPSA) is 91.7 Å². The minimum absolute atomic E-state index is 0.305. The molecular weight excluding hydrogens is 288 g/mol. The normalized spacial score (nSPS) is 10.8. The zero-order valence-corrected chi connectivity index (χ0v) is 12.5. The highest BCUT2D eigenvalue weighted by atomic mass is 32.1. The van der Waals surface area contributed by atoms with Gasteiger partial charge in [-0.05, 0) is 31.2 Å². The van der Waals surface area contributed by atoms with Crippen LogP contribution in [0.4, 0.5) is 0 Å². The van der Waals surface area contributed by atoms with E-state index < -0.39 is 0 Å². The lowest BCUT2D eigenvalue weighted by Gasteiger charge is -2.06. The standard InChI is InChI=1S/C13H14N6OS/c1-8-15-17-13(21-8)19-12(11(7-14)16-18-19)9-3-5-10(20-2)6-4-9/h3-6H,7,14H2,1-2H3. The van der Waals surface area contributed by atoms with E-state index in [1.807, 2.05) is 31.2 Å². The Hall–Kier alpha value is -2.32. The van der Waals surface area contributed by atoms with Gasteiger partial charge < -0.3 is 10.5 Å². The third-order valence-corrected chi connectivity index (χ3v) is 3.81. The van der Waals surface area contributed by atoms with Crippen LogP contribution in [0.3, 0.4) is 0 Å². The number of aromatic nitrogens is 5. The van der Waals surface area contributed by atoms with Crippen LogP contribution in [0.15, 0.2) is 24.3 Å². The molecule has 0 bridgehead atoms. The summed E-state index contributed by atoms with van der Waals surface area (Å²) in [5.74, 6) is 0.791. The van der Waals surface area contributed by atoms with Crippen molar-refractivity contribution in [3.8, 4) is 22.1 Å². The van der Waals surface area contributed by atoms with Crippen LogP contribution in [0.2, 0.25) is 0 Å². The second kappa shape index (κ2) is 5.58. The van der Waals surface area contributed by atoms with E-state index in [1.165, 1.54) is 11.3 Å². The number of aryl methyl sites for hydroxylation is 1. The highest BCUT2D eigenvalue weighted by Gasteiger charge is 2.17. The van der Waals surface area contributed by atoms with Crippen molar-refractivity contribution in [1.82, 2.24) is 25.2 Å². The van der Waals surface area contributed by atoms with Crippen molar-refractivity contribution in [1.29, 1.82) is 0 Å². The molecule has 3 aromatic rings. The number of nitrogens with zero attached hydrogens (tertiary/aromatic N) is 5. The van der Waals surface area contributed by atoms with Gasteiger partial charge in [0.1, 0.15) is 22.1 Å². The van der Waals surface area contributed by atoms with Gasteiger partial charge in [0.25, 0.3) is 0 Å². The van der Waals surface area contributed by atoms with Crippen molar-refractivity contribution in [3.05, 3.63) is 35.0 Å². The number of benzene rings is 1. The molecule has 0 aliphatic heterocycles. The number of hydrogen-bond acceptors (Lipinski definition) is 7. The van der Waals surface area contributed by atoms with Gasteiger partial charge in [0, 0.05) is 12.1 Å². The summed E-state index contributed by atoms with van der Waals surface area (Å²) in [4.78, 5) is 0. The van der Waals surface area contributed by atoms with Crippen LogP contribution in [-0.2, 0) is 6.54 Å². The van der Waals surface area contributed by atoms with E-state index in [0.29, 0.717) is 17.4 Å². The van der Waals surface area contributed by atoms with Crippen LogP contribution >= 0.6 is 11.3 Å². The fourth-order valence-corrected chi connectivity index (χ4v) is 2.64. The zero-order valence-electron chi connectivity index (χ0n) is 11.6. The Labute approximate surface area is 125 Å². The molecule has 3 rings (SSSR count). The van der Waals surface area contributed by atoms with E-state index in [2.05, 4.69) is 20.5 Å². The first-order valence-electron chi connectivity index (χ1n) is 6.32. The SMILES string of the molecule is COc1ccc(-c2c(CN)nnn2-c2nnc(C)s2)cc1. The summed E-state index contributed by atoms with van der Waals surface area (Å²) >= 11 is 1.45. The molecule has 0 aliphatic carbocycles. The molecule has 0 fully saturated rings. The minimum Gasteiger partial charge on any atom is -0.497 e. The first-order chi connectivity index (χ1) is 10.2. The highest BCUT2D eigenvalue weighted by molar-refractivity contribution is 7.13. The van der Waals surface area contributed by atoms with Crippen LogP contribution in [0.25, 0.3) is 16.4 Å². The van der Waals surface area contributed by atoms with Crippen molar-refractivity contribution in [2.45, 2.75) is 13.5 Å². The van der Waals surface area contributed by atoms with E-state index in [0.717, 1.165) is 22.0 Å². The predicted molar refractivity (Wildman–Crippen MR) is 79.4 cm³/mol. The van der Waals surface area contributed by atoms with Crippen molar-refractivity contribution in [2.75, 3.05) is 7.11 Å². The molecule has 108 valence electrons. The minimum atomic E-state index is 0.305. The fourth-order valence-electron chi connectivity index (χ4n) is 1.99. The van der Waals surface area contributed by atoms with Gasteiger partial charge >= 0.3 is 0 Å². The third-order valence-electron chi connectivity index (χ3n) is 2.99. The quantitative estimate of drug-likeness (QED) is 0.786. The Morgan fingerprint density at radius 2 is 1.95 bits per heavy atom. The van der Waals surface area contributed by atoms with Gasteiger partial charge in [0.2, 0.25) is 5.13 Å². The van der Waals surface area contributed by atoms with E-state index in [-0.39, 0.29) is 0 Å². The molecule has 0 saturated heterocycles. The molecule has 2 heterocycles. The number of hydrogen-bond donors (Lipinski definition) is 1. The third kappa shape index (κ3) is 2.50. The van der Waals surface area contributed by atoms with E-state index in [1.54, 1.807) is 11.8 Å². The molecule has 0 spiro atoms. The molecule has 8 heteroatoms. The molecule has 0 radical (unpaired) electrons. The van der Waals surface area contributed by atoms with E-state index >= 15 is 0 Å². The summed E-state index contributed by atoms with van der Waals surface area (Å²) in [5.41, 5.74) is 8.27. The molecule has 0 atom stereocenters. The van der Waals surface area contributed by atoms with Gasteiger partial charge in [0.15, 0.2) is 0 Å². The van der Waals surface area contributed by atoms with Gasteiger partial charge in [-0.2, -0.15) is 4.68 Å². The maximum atomic E-state index is 5.77. The first kappa shape index (κ1) is 13.7. The average molecular weight is 302 g/mol. The Kier molecular flexibility index (Phi) is 3.63. The molecule has 0 amide bonds. The maximum absolute atomic E-state index is 5.77. The highest BCUT2D eigenvalue weighted by Crippen LogP contribution is 2.27. The number of methoxy groups -OCH3 is 1. The Morgan fingerprint density at radius 3 is 2.52 bits per heavy atom. The molecule has 0 aliphatic rings. The lowest BCUT2D eigenvalue weighted by Crippen LogP contribution is -2.02. The summed E-state index contributed by atoms with van der Waals surface area (Å²) in [6.45, 7) is 2.20. The molecule has 7 nitrogen and oxygen atoms in total. The Bertz CT molecular complexity index is 748. The van der Waals surface area contributed by atoms with Gasteiger partial charge in [-0.25, -0.2) is 0 Å². The van der Waals surface area contributed by atoms with Crippen LogP contribution < -0.4 is 10.5 Å². The lowest BCUT2D eigenvalue weighted by atomic mass is 10.1. The van der Waals surface area contributed by atoms with Gasteiger partial charge in [-0.15, -0.1) is 15.3 Å². The summed E-state index contributed by atoms with van der Waals surface area (Å²) < 4.78 is 6.85. The summed E-state index contributed by atoms with van der Waals surface area (Å²) in [7, 11) is 1.64. The van der Waals surface area contributed by atoms with Gasteiger partial charge in [0.05, 0.1) is 7.11 Å². The van der Waals surface area contributed by atoms with E-state index in [4.69, 9.17) is 10.5 Å². The summed E-state index contributed by atoms with van der Waals surface area (Å²) in [6.07, 6.45) is 0. The Balaban J connectivity index is 2.13. The fraction of sp³-hybridized carbons (Fsp3) is 0.231. The van der Waals surface area contributed by atoms with Crippen molar-refractivity contribution in [2.24, 2.45) is 5.73 Å². The summed E-state index contributed by atoms with van der Waals surface area (Å²) in [6, 6.07) is 7.67. The van der Waals surface area contributed by atoms with E-state index in [9.17, 15) is 0 Å². The van der Waals surface area contributed by atoms with Crippen molar-refractivity contribution >= 4 is 11.3 Å². The average Bonchev–Trinajstić information content (AvgIpc) is 3.13. The molecule has 1 aromatic carbocycles. The first-order valence-corrected chi connectivity index (χ1v) is 7.14. The van der Waals surface area contributed by atoms with Crippen LogP contribution in [0.1, 0.15) is 10.7 Å². The predicted octanol–water partition coefficient (Wildman–Crippen LogP) is 1.56. The molecule has 0 saturated carbocycles. The van der Waals surface area contributed by atoms with Crippen molar-refractivity contribution < 1.29 is 4.74 Å². The zero-order chi connectivity index (χ0) is 14.8. The monoisotopic (exact) mass is 302 g/mol. The summed E-state index contributed by atoms with van der Waals surface area (Å²) in [5, 5.41) is 18.0. The largest absolute Gasteiger partial charge is 0.497 e. The number of rotatable bonds is 4. The smallest absolute Gasteiger partial charge is 0.234 e. The molecule has 2 aromatic heterocycles. The van der Waals surface area contributed by atoms with Gasteiger partial charge in [-0.1, -0.05) is 16.6 Å². The molecule has 2 N–H and O–H groups in total.